The first-order valence-electron chi connectivity index (χ1n) is 4.17. The molecule has 0 aromatic carbocycles. The third kappa shape index (κ3) is 5.70. The average molecular weight is 158 g/mol. The first kappa shape index (κ1) is 10.3. The van der Waals surface area contributed by atoms with Crippen molar-refractivity contribution in [3.63, 3.8) is 0 Å². The molecule has 0 unspecified atom stereocenters. The van der Waals surface area contributed by atoms with Crippen LogP contribution in [0.1, 0.15) is 26.7 Å². The van der Waals surface area contributed by atoms with E-state index in [1.54, 1.807) is 7.11 Å². The lowest BCUT2D eigenvalue weighted by atomic mass is 10.5. The molecule has 0 atom stereocenters. The van der Waals surface area contributed by atoms with E-state index in [4.69, 9.17) is 4.74 Å². The molecule has 0 rings (SSSR count). The summed E-state index contributed by atoms with van der Waals surface area (Å²) < 4.78 is 4.99. The molecule has 0 radical (unpaired) electrons. The highest BCUT2D eigenvalue weighted by Crippen LogP contribution is 1.81. The molecule has 0 aliphatic rings. The number of ether oxygens (including phenoxy) is 1. The summed E-state index contributed by atoms with van der Waals surface area (Å²) in [6.45, 7) is 5.97. The van der Waals surface area contributed by atoms with Crippen molar-refractivity contribution >= 4 is 6.02 Å². The standard InChI is InChI=1S/C8H18N2O/c1-4-6-9-8(11-3)10-7-5-2/h4-7H2,1-3H3,(H,9,10). The van der Waals surface area contributed by atoms with Crippen molar-refractivity contribution in [3.05, 3.63) is 0 Å². The summed E-state index contributed by atoms with van der Waals surface area (Å²) in [6.07, 6.45) is 2.15. The van der Waals surface area contributed by atoms with Crippen molar-refractivity contribution in [1.29, 1.82) is 0 Å². The minimum atomic E-state index is 0.661. The van der Waals surface area contributed by atoms with E-state index in [2.05, 4.69) is 24.2 Å². The van der Waals surface area contributed by atoms with Gasteiger partial charge < -0.3 is 10.1 Å². The molecule has 3 nitrogen and oxygen atoms in total. The van der Waals surface area contributed by atoms with Gasteiger partial charge in [-0.3, -0.25) is 0 Å². The monoisotopic (exact) mass is 158 g/mol. The normalized spacial score (nSPS) is 11.4. The molecule has 0 saturated carbocycles. The molecule has 0 bridgehead atoms. The van der Waals surface area contributed by atoms with Gasteiger partial charge in [-0.15, -0.1) is 0 Å². The van der Waals surface area contributed by atoms with Gasteiger partial charge in [0.05, 0.1) is 7.11 Å². The zero-order valence-electron chi connectivity index (χ0n) is 7.68. The van der Waals surface area contributed by atoms with Crippen molar-refractivity contribution in [1.82, 2.24) is 5.32 Å². The molecule has 0 heterocycles. The van der Waals surface area contributed by atoms with Gasteiger partial charge in [0.25, 0.3) is 6.02 Å². The average Bonchev–Trinajstić information content (AvgIpc) is 2.05. The molecule has 3 heteroatoms. The zero-order chi connectivity index (χ0) is 8.53. The number of rotatable bonds is 4. The van der Waals surface area contributed by atoms with Gasteiger partial charge in [0.15, 0.2) is 0 Å². The van der Waals surface area contributed by atoms with Gasteiger partial charge in [0.2, 0.25) is 0 Å². The molecule has 0 amide bonds. The number of nitrogens with one attached hydrogen (secondary N) is 1. The highest BCUT2D eigenvalue weighted by atomic mass is 16.5. The molecule has 0 aliphatic carbocycles. The molecular weight excluding hydrogens is 140 g/mol. The fraction of sp³-hybridized carbons (Fsp3) is 0.875. The maximum absolute atomic E-state index is 4.99. The van der Waals surface area contributed by atoms with E-state index in [1.807, 2.05) is 0 Å². The van der Waals surface area contributed by atoms with Gasteiger partial charge in [-0.05, 0) is 12.8 Å². The summed E-state index contributed by atoms with van der Waals surface area (Å²) in [6, 6.07) is 0.661. The van der Waals surface area contributed by atoms with Crippen molar-refractivity contribution in [3.8, 4) is 0 Å². The Bertz CT molecular complexity index is 113. The molecule has 0 aliphatic heterocycles. The van der Waals surface area contributed by atoms with Crippen LogP contribution in [0.5, 0.6) is 0 Å². The third-order valence-corrected chi connectivity index (χ3v) is 1.20. The SMILES string of the molecule is CCCN=C(NCCC)OC. The van der Waals surface area contributed by atoms with Crippen LogP contribution in [-0.4, -0.2) is 26.2 Å². The maximum atomic E-state index is 4.99. The third-order valence-electron chi connectivity index (χ3n) is 1.20. The summed E-state index contributed by atoms with van der Waals surface area (Å²) in [5.74, 6) is 0. The molecule has 0 saturated heterocycles. The van der Waals surface area contributed by atoms with Crippen LogP contribution in [0.25, 0.3) is 0 Å². The second-order valence-corrected chi connectivity index (χ2v) is 2.32. The Balaban J connectivity index is 3.55. The maximum Gasteiger partial charge on any atom is 0.284 e. The zero-order valence-corrected chi connectivity index (χ0v) is 7.68. The van der Waals surface area contributed by atoms with Gasteiger partial charge in [-0.2, -0.15) is 0 Å². The van der Waals surface area contributed by atoms with Crippen LogP contribution in [-0.2, 0) is 4.74 Å². The van der Waals surface area contributed by atoms with Crippen molar-refractivity contribution < 1.29 is 4.74 Å². The van der Waals surface area contributed by atoms with Crippen LogP contribution < -0.4 is 5.32 Å². The molecule has 1 N–H and O–H groups in total. The van der Waals surface area contributed by atoms with E-state index in [0.29, 0.717) is 6.02 Å². The van der Waals surface area contributed by atoms with E-state index < -0.39 is 0 Å². The fourth-order valence-electron chi connectivity index (χ4n) is 0.638. The Morgan fingerprint density at radius 2 is 2.09 bits per heavy atom. The van der Waals surface area contributed by atoms with Crippen molar-refractivity contribution in [2.45, 2.75) is 26.7 Å². The van der Waals surface area contributed by atoms with Crippen LogP contribution in [0.4, 0.5) is 0 Å². The lowest BCUT2D eigenvalue weighted by Crippen LogP contribution is -2.25. The minimum absolute atomic E-state index is 0.661. The molecule has 11 heavy (non-hydrogen) atoms. The van der Waals surface area contributed by atoms with Crippen LogP contribution in [0.15, 0.2) is 4.99 Å². The first-order valence-corrected chi connectivity index (χ1v) is 4.17. The lowest BCUT2D eigenvalue weighted by molar-refractivity contribution is 0.377. The Hall–Kier alpha value is -0.730. The van der Waals surface area contributed by atoms with Crippen LogP contribution in [0, 0.1) is 0 Å². The van der Waals surface area contributed by atoms with E-state index in [0.717, 1.165) is 25.9 Å². The molecular formula is C8H18N2O. The van der Waals surface area contributed by atoms with E-state index in [1.165, 1.54) is 0 Å². The van der Waals surface area contributed by atoms with Gasteiger partial charge in [-0.25, -0.2) is 4.99 Å². The van der Waals surface area contributed by atoms with Crippen LogP contribution in [0.3, 0.4) is 0 Å². The van der Waals surface area contributed by atoms with Gasteiger partial charge in [0, 0.05) is 13.1 Å². The second kappa shape index (κ2) is 7.38. The Labute approximate surface area is 68.9 Å². The number of hydrogen-bond donors (Lipinski definition) is 1. The molecule has 0 aromatic rings. The fourth-order valence-corrected chi connectivity index (χ4v) is 0.638. The summed E-state index contributed by atoms with van der Waals surface area (Å²) in [7, 11) is 1.64. The van der Waals surface area contributed by atoms with Gasteiger partial charge >= 0.3 is 0 Å². The van der Waals surface area contributed by atoms with Crippen molar-refractivity contribution in [2.75, 3.05) is 20.2 Å². The number of methoxy groups -OCH3 is 1. The van der Waals surface area contributed by atoms with Crippen LogP contribution in [0.2, 0.25) is 0 Å². The molecule has 66 valence electrons. The highest BCUT2D eigenvalue weighted by molar-refractivity contribution is 5.73. The van der Waals surface area contributed by atoms with Gasteiger partial charge in [-0.1, -0.05) is 13.8 Å². The topological polar surface area (TPSA) is 33.6 Å². The summed E-state index contributed by atoms with van der Waals surface area (Å²) in [5.41, 5.74) is 0. The van der Waals surface area contributed by atoms with Crippen molar-refractivity contribution in [2.24, 2.45) is 4.99 Å². The van der Waals surface area contributed by atoms with E-state index >= 15 is 0 Å². The second-order valence-electron chi connectivity index (χ2n) is 2.32. The van der Waals surface area contributed by atoms with Crippen LogP contribution >= 0.6 is 0 Å². The first-order chi connectivity index (χ1) is 5.35. The van der Waals surface area contributed by atoms with E-state index in [9.17, 15) is 0 Å². The van der Waals surface area contributed by atoms with Gasteiger partial charge in [0.1, 0.15) is 0 Å². The molecule has 0 spiro atoms. The minimum Gasteiger partial charge on any atom is -0.469 e. The Morgan fingerprint density at radius 3 is 2.55 bits per heavy atom. The number of hydrogen-bond acceptors (Lipinski definition) is 2. The molecule has 0 fully saturated rings. The molecule has 0 aromatic heterocycles. The summed E-state index contributed by atoms with van der Waals surface area (Å²) in [4.78, 5) is 4.18. The lowest BCUT2D eigenvalue weighted by Gasteiger charge is -2.05. The number of amidine groups is 1. The predicted octanol–water partition coefficient (Wildman–Crippen LogP) is 1.40. The smallest absolute Gasteiger partial charge is 0.284 e. The Morgan fingerprint density at radius 1 is 1.36 bits per heavy atom. The Kier molecular flexibility index (Phi) is 6.89. The quantitative estimate of drug-likeness (QED) is 0.495. The predicted molar refractivity (Wildman–Crippen MR) is 47.9 cm³/mol. The number of nitrogens with zero attached hydrogens (tertiary/aromatic N) is 1. The highest BCUT2D eigenvalue weighted by Gasteiger charge is 1.92. The number of aliphatic imine (C=N–C) groups is 1. The summed E-state index contributed by atoms with van der Waals surface area (Å²) in [5, 5.41) is 3.08. The van der Waals surface area contributed by atoms with E-state index in [-0.39, 0.29) is 0 Å². The summed E-state index contributed by atoms with van der Waals surface area (Å²) >= 11 is 0. The largest absolute Gasteiger partial charge is 0.469 e.